The third kappa shape index (κ3) is 3.50. The molecule has 1 aliphatic rings. The molecule has 0 spiro atoms. The van der Waals surface area contributed by atoms with Crippen LogP contribution in [0.4, 0.5) is 8.78 Å². The van der Waals surface area contributed by atoms with E-state index >= 15 is 0 Å². The molecule has 5 heteroatoms. The molecule has 1 aromatic carbocycles. The van der Waals surface area contributed by atoms with Crippen LogP contribution in [0.3, 0.4) is 0 Å². The monoisotopic (exact) mass is 269 g/mol. The number of halogens is 2. The maximum atomic E-state index is 13.7. The standard InChI is InChI=1S/C14H17F2NO2/c15-9-6-7-11(12(16)8-9)13(14(18)19)17-10-4-2-1-3-5-10/h6-8,10,13,17H,1-5H2,(H,18,19). The largest absolute Gasteiger partial charge is 0.480 e. The van der Waals surface area contributed by atoms with Crippen LogP contribution in [0.1, 0.15) is 43.7 Å². The molecule has 0 bridgehead atoms. The molecule has 1 atom stereocenters. The van der Waals surface area contributed by atoms with Gasteiger partial charge in [-0.15, -0.1) is 0 Å². The first-order chi connectivity index (χ1) is 9.08. The number of carboxylic acid groups (broad SMARTS) is 1. The highest BCUT2D eigenvalue weighted by Crippen LogP contribution is 2.23. The van der Waals surface area contributed by atoms with Gasteiger partial charge in [0.1, 0.15) is 17.7 Å². The Balaban J connectivity index is 2.17. The molecule has 3 nitrogen and oxygen atoms in total. The number of nitrogens with one attached hydrogen (secondary N) is 1. The van der Waals surface area contributed by atoms with Crippen molar-refractivity contribution in [3.8, 4) is 0 Å². The highest BCUT2D eigenvalue weighted by atomic mass is 19.1. The molecule has 0 aromatic heterocycles. The molecule has 104 valence electrons. The van der Waals surface area contributed by atoms with Crippen molar-refractivity contribution in [2.24, 2.45) is 0 Å². The van der Waals surface area contributed by atoms with Gasteiger partial charge in [0, 0.05) is 17.7 Å². The van der Waals surface area contributed by atoms with Crippen LogP contribution >= 0.6 is 0 Å². The molecular formula is C14H17F2NO2. The van der Waals surface area contributed by atoms with Gasteiger partial charge in [0.05, 0.1) is 0 Å². The van der Waals surface area contributed by atoms with Crippen LogP contribution in [0.5, 0.6) is 0 Å². The Labute approximate surface area is 110 Å². The highest BCUT2D eigenvalue weighted by Gasteiger charge is 2.26. The topological polar surface area (TPSA) is 49.3 Å². The highest BCUT2D eigenvalue weighted by molar-refractivity contribution is 5.75. The van der Waals surface area contributed by atoms with Crippen molar-refractivity contribution < 1.29 is 18.7 Å². The number of carboxylic acids is 1. The van der Waals surface area contributed by atoms with Gasteiger partial charge in [-0.05, 0) is 18.9 Å². The predicted molar refractivity (Wildman–Crippen MR) is 66.7 cm³/mol. The van der Waals surface area contributed by atoms with Gasteiger partial charge >= 0.3 is 5.97 Å². The van der Waals surface area contributed by atoms with E-state index < -0.39 is 23.6 Å². The summed E-state index contributed by atoms with van der Waals surface area (Å²) in [6.45, 7) is 0. The van der Waals surface area contributed by atoms with Crippen LogP contribution in [-0.4, -0.2) is 17.1 Å². The molecule has 1 unspecified atom stereocenters. The van der Waals surface area contributed by atoms with E-state index in [9.17, 15) is 18.7 Å². The van der Waals surface area contributed by atoms with E-state index in [-0.39, 0.29) is 11.6 Å². The summed E-state index contributed by atoms with van der Waals surface area (Å²) in [6, 6.07) is 1.95. The zero-order valence-corrected chi connectivity index (χ0v) is 10.5. The number of carbonyl (C=O) groups is 1. The fourth-order valence-electron chi connectivity index (χ4n) is 2.53. The molecule has 2 rings (SSSR count). The molecule has 2 N–H and O–H groups in total. The lowest BCUT2D eigenvalue weighted by molar-refractivity contribution is -0.140. The molecule has 0 heterocycles. The van der Waals surface area contributed by atoms with Crippen LogP contribution in [0.2, 0.25) is 0 Å². The van der Waals surface area contributed by atoms with E-state index in [1.807, 2.05) is 0 Å². The van der Waals surface area contributed by atoms with Crippen molar-refractivity contribution in [3.63, 3.8) is 0 Å². The van der Waals surface area contributed by atoms with Gasteiger partial charge in [-0.3, -0.25) is 10.1 Å². The quantitative estimate of drug-likeness (QED) is 0.883. The third-order valence-corrected chi connectivity index (χ3v) is 3.53. The van der Waals surface area contributed by atoms with Crippen molar-refractivity contribution in [2.45, 2.75) is 44.2 Å². The molecule has 1 aromatic rings. The van der Waals surface area contributed by atoms with Gasteiger partial charge < -0.3 is 5.11 Å². The summed E-state index contributed by atoms with van der Waals surface area (Å²) in [5.74, 6) is -2.67. The molecule has 1 aliphatic carbocycles. The summed E-state index contributed by atoms with van der Waals surface area (Å²) in [4.78, 5) is 11.3. The minimum Gasteiger partial charge on any atom is -0.480 e. The summed E-state index contributed by atoms with van der Waals surface area (Å²) in [5.41, 5.74) is -0.0144. The van der Waals surface area contributed by atoms with E-state index in [2.05, 4.69) is 5.32 Å². The van der Waals surface area contributed by atoms with Crippen molar-refractivity contribution in [2.75, 3.05) is 0 Å². The predicted octanol–water partition coefficient (Wildman–Crippen LogP) is 3.01. The molecule has 0 saturated heterocycles. The molecule has 19 heavy (non-hydrogen) atoms. The van der Waals surface area contributed by atoms with Crippen LogP contribution in [0.25, 0.3) is 0 Å². The summed E-state index contributed by atoms with van der Waals surface area (Å²) < 4.78 is 26.5. The molecule has 0 amide bonds. The number of hydrogen-bond donors (Lipinski definition) is 2. The summed E-state index contributed by atoms with van der Waals surface area (Å²) in [6.07, 6.45) is 5.05. The van der Waals surface area contributed by atoms with E-state index in [0.29, 0.717) is 6.07 Å². The first kappa shape index (κ1) is 13.9. The Bertz CT molecular complexity index is 459. The van der Waals surface area contributed by atoms with Gasteiger partial charge in [0.25, 0.3) is 0 Å². The smallest absolute Gasteiger partial charge is 0.325 e. The van der Waals surface area contributed by atoms with Gasteiger partial charge in [-0.2, -0.15) is 0 Å². The lowest BCUT2D eigenvalue weighted by Gasteiger charge is -2.26. The molecule has 1 fully saturated rings. The fourth-order valence-corrected chi connectivity index (χ4v) is 2.53. The lowest BCUT2D eigenvalue weighted by atomic mass is 9.94. The van der Waals surface area contributed by atoms with E-state index in [0.717, 1.165) is 38.2 Å². The molecule has 0 aliphatic heterocycles. The molecular weight excluding hydrogens is 252 g/mol. The maximum Gasteiger partial charge on any atom is 0.325 e. The Morgan fingerprint density at radius 1 is 1.26 bits per heavy atom. The van der Waals surface area contributed by atoms with E-state index in [4.69, 9.17) is 0 Å². The fraction of sp³-hybridized carbons (Fsp3) is 0.500. The zero-order valence-electron chi connectivity index (χ0n) is 10.5. The molecule has 0 radical (unpaired) electrons. The minimum absolute atomic E-state index is 0.0144. The second kappa shape index (κ2) is 6.10. The Hall–Kier alpha value is -1.49. The molecule has 1 saturated carbocycles. The Morgan fingerprint density at radius 2 is 1.95 bits per heavy atom. The van der Waals surface area contributed by atoms with Gasteiger partial charge in [-0.25, -0.2) is 8.78 Å². The Morgan fingerprint density at radius 3 is 2.53 bits per heavy atom. The zero-order chi connectivity index (χ0) is 13.8. The van der Waals surface area contributed by atoms with E-state index in [1.165, 1.54) is 6.07 Å². The van der Waals surface area contributed by atoms with Crippen LogP contribution in [-0.2, 0) is 4.79 Å². The third-order valence-electron chi connectivity index (χ3n) is 3.53. The first-order valence-corrected chi connectivity index (χ1v) is 6.51. The number of benzene rings is 1. The second-order valence-corrected chi connectivity index (χ2v) is 4.94. The maximum absolute atomic E-state index is 13.7. The van der Waals surface area contributed by atoms with Crippen molar-refractivity contribution in [1.82, 2.24) is 5.32 Å². The normalized spacial score (nSPS) is 18.2. The number of rotatable bonds is 4. The average molecular weight is 269 g/mol. The SMILES string of the molecule is O=C(O)C(NC1CCCCC1)c1ccc(F)cc1F. The van der Waals surface area contributed by atoms with Crippen LogP contribution < -0.4 is 5.32 Å². The van der Waals surface area contributed by atoms with Crippen LogP contribution in [0.15, 0.2) is 18.2 Å². The number of aliphatic carboxylic acids is 1. The van der Waals surface area contributed by atoms with Crippen LogP contribution in [0, 0.1) is 11.6 Å². The van der Waals surface area contributed by atoms with Gasteiger partial charge in [0.2, 0.25) is 0 Å². The number of hydrogen-bond acceptors (Lipinski definition) is 2. The van der Waals surface area contributed by atoms with E-state index in [1.54, 1.807) is 0 Å². The van der Waals surface area contributed by atoms with Crippen molar-refractivity contribution in [3.05, 3.63) is 35.4 Å². The first-order valence-electron chi connectivity index (χ1n) is 6.51. The Kier molecular flexibility index (Phi) is 4.47. The second-order valence-electron chi connectivity index (χ2n) is 4.94. The van der Waals surface area contributed by atoms with Gasteiger partial charge in [0.15, 0.2) is 0 Å². The lowest BCUT2D eigenvalue weighted by Crippen LogP contribution is -2.38. The summed E-state index contributed by atoms with van der Waals surface area (Å²) in [5, 5.41) is 12.2. The van der Waals surface area contributed by atoms with Crippen molar-refractivity contribution in [1.29, 1.82) is 0 Å². The average Bonchev–Trinajstić information content (AvgIpc) is 2.38. The minimum atomic E-state index is -1.14. The van der Waals surface area contributed by atoms with Crippen molar-refractivity contribution >= 4 is 5.97 Å². The summed E-state index contributed by atoms with van der Waals surface area (Å²) >= 11 is 0. The van der Waals surface area contributed by atoms with Gasteiger partial charge in [-0.1, -0.05) is 25.3 Å². The summed E-state index contributed by atoms with van der Waals surface area (Å²) in [7, 11) is 0.